The highest BCUT2D eigenvalue weighted by Crippen LogP contribution is 2.17. The maximum Gasteiger partial charge on any atom is 0.437 e. The Balaban J connectivity index is 1.73. The van der Waals surface area contributed by atoms with E-state index < -0.39 is 29.3 Å². The van der Waals surface area contributed by atoms with Crippen molar-refractivity contribution in [3.63, 3.8) is 0 Å². The number of nitrogen functional groups attached to an aromatic ring is 2. The number of carbonyl (C=O) groups is 3. The number of guanidine groups is 2. The Kier molecular flexibility index (Phi) is 13.8. The number of nitrogens with zero attached hydrogens (tertiary/aromatic N) is 3. The van der Waals surface area contributed by atoms with Gasteiger partial charge in [-0.25, -0.2) is 19.6 Å². The molecule has 0 fully saturated rings. The van der Waals surface area contributed by atoms with Crippen LogP contribution in [0.4, 0.5) is 26.9 Å². The zero-order valence-electron chi connectivity index (χ0n) is 27.0. The molecule has 17 heteroatoms. The Morgan fingerprint density at radius 3 is 2.15 bits per heavy atom. The largest absolute Gasteiger partial charge is 0.444 e. The molecule has 0 aliphatic carbocycles. The summed E-state index contributed by atoms with van der Waals surface area (Å²) < 4.78 is 10.5. The van der Waals surface area contributed by atoms with E-state index in [1.165, 1.54) is 0 Å². The molecule has 0 radical (unpaired) electrons. The lowest BCUT2D eigenvalue weighted by molar-refractivity contribution is 0.0560. The van der Waals surface area contributed by atoms with E-state index in [4.69, 9.17) is 38.0 Å². The van der Waals surface area contributed by atoms with Crippen molar-refractivity contribution in [1.82, 2.24) is 31.2 Å². The fourth-order valence-corrected chi connectivity index (χ4v) is 3.68. The first-order valence-electron chi connectivity index (χ1n) is 14.5. The lowest BCUT2D eigenvalue weighted by atomic mass is 10.1. The van der Waals surface area contributed by atoms with Crippen molar-refractivity contribution in [2.24, 2.45) is 4.99 Å². The van der Waals surface area contributed by atoms with Gasteiger partial charge in [0.1, 0.15) is 11.2 Å². The second-order valence-electron chi connectivity index (χ2n) is 12.0. The van der Waals surface area contributed by atoms with Crippen LogP contribution in [-0.4, -0.2) is 70.8 Å². The van der Waals surface area contributed by atoms with Crippen molar-refractivity contribution in [3.8, 4) is 0 Å². The first kappa shape index (κ1) is 37.3. The third-order valence-corrected chi connectivity index (χ3v) is 5.75. The van der Waals surface area contributed by atoms with E-state index in [0.29, 0.717) is 19.6 Å². The third-order valence-electron chi connectivity index (χ3n) is 5.47. The Bertz CT molecular complexity index is 1400. The zero-order valence-corrected chi connectivity index (χ0v) is 27.7. The Morgan fingerprint density at radius 2 is 1.52 bits per heavy atom. The number of aliphatic imine (C=N–C) groups is 1. The van der Waals surface area contributed by atoms with Gasteiger partial charge in [-0.1, -0.05) is 23.7 Å². The van der Waals surface area contributed by atoms with Crippen LogP contribution in [0, 0.1) is 5.41 Å². The molecule has 0 spiro atoms. The molecule has 0 aliphatic rings. The lowest BCUT2D eigenvalue weighted by Gasteiger charge is -2.21. The summed E-state index contributed by atoms with van der Waals surface area (Å²) in [5.41, 5.74) is 11.5. The van der Waals surface area contributed by atoms with Crippen molar-refractivity contribution < 1.29 is 23.9 Å². The van der Waals surface area contributed by atoms with Crippen LogP contribution in [0.25, 0.3) is 0 Å². The molecule has 1 aromatic carbocycles. The minimum absolute atomic E-state index is 0.0848. The van der Waals surface area contributed by atoms with Gasteiger partial charge in [-0.15, -0.1) is 4.99 Å². The molecule has 0 atom stereocenters. The number of benzene rings is 1. The molecular weight excluding hydrogens is 618 g/mol. The molecule has 16 nitrogen and oxygen atoms in total. The first-order valence-corrected chi connectivity index (χ1v) is 14.9. The first-order chi connectivity index (χ1) is 21.4. The van der Waals surface area contributed by atoms with Gasteiger partial charge in [0.15, 0.2) is 28.4 Å². The Morgan fingerprint density at radius 1 is 0.870 bits per heavy atom. The molecule has 2 rings (SSSR count). The van der Waals surface area contributed by atoms with E-state index in [0.717, 1.165) is 30.5 Å². The number of hydrogen-bond acceptors (Lipinski definition) is 11. The summed E-state index contributed by atoms with van der Waals surface area (Å²) in [5, 5.41) is 21.6. The van der Waals surface area contributed by atoms with Crippen LogP contribution in [0.15, 0.2) is 29.3 Å². The van der Waals surface area contributed by atoms with Gasteiger partial charge in [0, 0.05) is 25.3 Å². The number of halogens is 1. The van der Waals surface area contributed by atoms with E-state index in [9.17, 15) is 14.4 Å². The maximum absolute atomic E-state index is 12.3. The third kappa shape index (κ3) is 14.7. The zero-order chi connectivity index (χ0) is 34.5. The van der Waals surface area contributed by atoms with E-state index in [2.05, 4.69) is 41.5 Å². The van der Waals surface area contributed by atoms with Crippen molar-refractivity contribution in [2.75, 3.05) is 36.4 Å². The van der Waals surface area contributed by atoms with Gasteiger partial charge in [0.2, 0.25) is 5.96 Å². The van der Waals surface area contributed by atoms with Gasteiger partial charge in [-0.3, -0.25) is 20.8 Å². The maximum atomic E-state index is 12.3. The van der Waals surface area contributed by atoms with Crippen LogP contribution in [0.3, 0.4) is 0 Å². The van der Waals surface area contributed by atoms with Crippen LogP contribution in [0.2, 0.25) is 5.15 Å². The molecule has 1 heterocycles. The van der Waals surface area contributed by atoms with Crippen LogP contribution >= 0.6 is 11.6 Å². The molecule has 10 N–H and O–H groups in total. The minimum Gasteiger partial charge on any atom is -0.444 e. The molecule has 0 saturated carbocycles. The van der Waals surface area contributed by atoms with Crippen LogP contribution in [-0.2, 0) is 15.9 Å². The summed E-state index contributed by atoms with van der Waals surface area (Å²) in [6, 6.07) is 7.92. The number of rotatable bonds is 10. The van der Waals surface area contributed by atoms with Crippen LogP contribution < -0.4 is 38.1 Å². The van der Waals surface area contributed by atoms with E-state index in [-0.39, 0.29) is 34.4 Å². The molecule has 0 aliphatic heterocycles. The topological polar surface area (TPSA) is 244 Å². The lowest BCUT2D eigenvalue weighted by Crippen LogP contribution is -2.45. The highest BCUT2D eigenvalue weighted by Gasteiger charge is 2.20. The minimum atomic E-state index is -0.850. The van der Waals surface area contributed by atoms with E-state index in [1.54, 1.807) is 41.5 Å². The number of hydrogen-bond donors (Lipinski definition) is 8. The van der Waals surface area contributed by atoms with Crippen molar-refractivity contribution >= 4 is 58.9 Å². The van der Waals surface area contributed by atoms with Gasteiger partial charge in [0.05, 0.1) is 0 Å². The predicted molar refractivity (Wildman–Crippen MR) is 178 cm³/mol. The van der Waals surface area contributed by atoms with Gasteiger partial charge in [0.25, 0.3) is 5.91 Å². The molecule has 0 bridgehead atoms. The summed E-state index contributed by atoms with van der Waals surface area (Å²) in [5.74, 6) is -1.28. The Hall–Kier alpha value is -4.86. The van der Waals surface area contributed by atoms with Crippen molar-refractivity contribution in [3.05, 3.63) is 40.7 Å². The molecule has 3 amide bonds. The summed E-state index contributed by atoms with van der Waals surface area (Å²) in [6.45, 7) is 11.6. The molecule has 0 saturated heterocycles. The molecule has 2 aromatic rings. The standard InChI is InChI=1S/C29H44ClN11O5/c1-28(2,3)45-26(43)40-25(41-27(44)46-29(4,5)6)36-16-15-34-18-12-10-17(11-13-18)9-7-8-14-35-24(33)39-23(42)19-21(31)38-22(32)20(30)37-19/h10-13,34H,7-9,14-16H2,1-6H3,(H4,31,32,38)(H3,33,35,39,42)(H2,36,40,41,43,44). The van der Waals surface area contributed by atoms with Gasteiger partial charge in [-0.05, 0) is 78.5 Å². The second-order valence-corrected chi connectivity index (χ2v) is 12.3. The summed E-state index contributed by atoms with van der Waals surface area (Å²) >= 11 is 5.80. The second kappa shape index (κ2) is 17.0. The molecular formula is C29H44ClN11O5. The number of ether oxygens (including phenoxy) is 2. The monoisotopic (exact) mass is 661 g/mol. The average Bonchev–Trinajstić information content (AvgIpc) is 2.91. The fourth-order valence-electron chi connectivity index (χ4n) is 3.56. The number of nitrogens with one attached hydrogen (secondary N) is 6. The number of anilines is 3. The van der Waals surface area contributed by atoms with Crippen molar-refractivity contribution in [1.29, 1.82) is 5.41 Å². The number of carbonyl (C=O) groups excluding carboxylic acids is 3. The predicted octanol–water partition coefficient (Wildman–Crippen LogP) is 3.39. The van der Waals surface area contributed by atoms with Gasteiger partial charge >= 0.3 is 12.2 Å². The summed E-state index contributed by atoms with van der Waals surface area (Å²) in [4.78, 5) is 48.1. The molecule has 1 aromatic heterocycles. The highest BCUT2D eigenvalue weighted by molar-refractivity contribution is 6.31. The fraction of sp³-hybridized carbons (Fsp3) is 0.483. The average molecular weight is 662 g/mol. The van der Waals surface area contributed by atoms with E-state index in [1.807, 2.05) is 24.3 Å². The normalized spacial score (nSPS) is 11.7. The number of nitrogens with two attached hydrogens (primary N) is 2. The van der Waals surface area contributed by atoms with Crippen LogP contribution in [0.1, 0.15) is 70.4 Å². The molecule has 252 valence electrons. The quantitative estimate of drug-likeness (QED) is 0.104. The van der Waals surface area contributed by atoms with E-state index >= 15 is 0 Å². The van der Waals surface area contributed by atoms with Crippen LogP contribution in [0.5, 0.6) is 0 Å². The van der Waals surface area contributed by atoms with Gasteiger partial charge < -0.3 is 36.9 Å². The Labute approximate surface area is 273 Å². The highest BCUT2D eigenvalue weighted by atomic mass is 35.5. The number of aromatic nitrogens is 2. The molecule has 46 heavy (non-hydrogen) atoms. The van der Waals surface area contributed by atoms with Crippen molar-refractivity contribution in [2.45, 2.75) is 72.0 Å². The SMILES string of the molecule is CC(C)(C)OC(=O)N=C(NCCNc1ccc(CCCCNC(=N)NC(=O)c2nc(Cl)c(N)nc2N)cc1)NC(=O)OC(C)(C)C. The number of unbranched alkanes of at least 4 members (excludes halogenated alkanes) is 1. The number of amides is 3. The number of aryl methyl sites for hydroxylation is 1. The smallest absolute Gasteiger partial charge is 0.437 e. The molecule has 0 unspecified atom stereocenters. The van der Waals surface area contributed by atoms with Gasteiger partial charge in [-0.2, -0.15) is 0 Å². The number of alkyl carbamates (subject to hydrolysis) is 1. The summed E-state index contributed by atoms with van der Waals surface area (Å²) in [7, 11) is 0. The summed E-state index contributed by atoms with van der Waals surface area (Å²) in [6.07, 6.45) is 0.815.